The second-order valence-corrected chi connectivity index (χ2v) is 5.94. The molecule has 0 aliphatic heterocycles. The van der Waals surface area contributed by atoms with Crippen LogP contribution in [0.3, 0.4) is 0 Å². The molecule has 0 aliphatic carbocycles. The first-order valence-electron chi connectivity index (χ1n) is 8.42. The van der Waals surface area contributed by atoms with Crippen LogP contribution in [-0.4, -0.2) is 16.6 Å². The normalized spacial score (nSPS) is 10.7. The van der Waals surface area contributed by atoms with Crippen LogP contribution >= 0.6 is 0 Å². The second-order valence-electron chi connectivity index (χ2n) is 5.94. The van der Waals surface area contributed by atoms with Crippen LogP contribution < -0.4 is 4.74 Å². The van der Waals surface area contributed by atoms with Gasteiger partial charge in [0.15, 0.2) is 0 Å². The molecule has 0 saturated carbocycles. The minimum absolute atomic E-state index is 0.265. The molecule has 1 aromatic heterocycles. The highest BCUT2D eigenvalue weighted by molar-refractivity contribution is 5.71. The summed E-state index contributed by atoms with van der Waals surface area (Å²) < 4.78 is 5.53. The number of ether oxygens (including phenoxy) is 1. The standard InChI is InChI=1S/C23H20N2O/c1-4-14-26-23-13-11-20(15-17(23)2)22-16-21(24-18(3)25-22)12-10-19-8-6-5-7-9-19/h1,5-13,15-16H,14H2,2-3H3/b12-10+. The molecule has 0 spiro atoms. The van der Waals surface area contributed by atoms with Crippen molar-refractivity contribution in [2.45, 2.75) is 13.8 Å². The van der Waals surface area contributed by atoms with E-state index in [0.717, 1.165) is 39.7 Å². The van der Waals surface area contributed by atoms with Crippen molar-refractivity contribution in [3.05, 3.63) is 77.2 Å². The largest absolute Gasteiger partial charge is 0.481 e. The van der Waals surface area contributed by atoms with Gasteiger partial charge in [-0.25, -0.2) is 9.97 Å². The Morgan fingerprint density at radius 3 is 2.54 bits per heavy atom. The summed E-state index contributed by atoms with van der Waals surface area (Å²) in [7, 11) is 0. The molecule has 0 atom stereocenters. The highest BCUT2D eigenvalue weighted by Crippen LogP contribution is 2.26. The van der Waals surface area contributed by atoms with Gasteiger partial charge < -0.3 is 4.74 Å². The number of nitrogens with zero attached hydrogens (tertiary/aromatic N) is 2. The fraction of sp³-hybridized carbons (Fsp3) is 0.130. The molecule has 26 heavy (non-hydrogen) atoms. The van der Waals surface area contributed by atoms with Crippen molar-refractivity contribution in [1.82, 2.24) is 9.97 Å². The highest BCUT2D eigenvalue weighted by atomic mass is 16.5. The topological polar surface area (TPSA) is 35.0 Å². The fourth-order valence-corrected chi connectivity index (χ4v) is 2.66. The molecule has 0 amide bonds. The maximum absolute atomic E-state index is 5.53. The van der Waals surface area contributed by atoms with E-state index in [-0.39, 0.29) is 6.61 Å². The molecule has 3 aromatic rings. The average Bonchev–Trinajstić information content (AvgIpc) is 2.66. The summed E-state index contributed by atoms with van der Waals surface area (Å²) in [4.78, 5) is 9.08. The third kappa shape index (κ3) is 4.37. The molecule has 0 fully saturated rings. The Balaban J connectivity index is 1.89. The first kappa shape index (κ1) is 17.4. The Labute approximate surface area is 154 Å². The number of aromatic nitrogens is 2. The smallest absolute Gasteiger partial charge is 0.148 e. The number of aryl methyl sites for hydroxylation is 2. The van der Waals surface area contributed by atoms with Crippen molar-refractivity contribution >= 4 is 12.2 Å². The number of benzene rings is 2. The van der Waals surface area contributed by atoms with Crippen LogP contribution in [0.2, 0.25) is 0 Å². The lowest BCUT2D eigenvalue weighted by atomic mass is 10.1. The maximum Gasteiger partial charge on any atom is 0.148 e. The summed E-state index contributed by atoms with van der Waals surface area (Å²) in [5.41, 5.74) is 4.94. The molecule has 0 saturated heterocycles. The lowest BCUT2D eigenvalue weighted by Crippen LogP contribution is -1.97. The van der Waals surface area contributed by atoms with Crippen LogP contribution in [0.1, 0.15) is 22.6 Å². The van der Waals surface area contributed by atoms with Crippen molar-refractivity contribution in [2.75, 3.05) is 6.61 Å². The Kier molecular flexibility index (Phi) is 5.46. The van der Waals surface area contributed by atoms with E-state index in [9.17, 15) is 0 Å². The molecule has 3 nitrogen and oxygen atoms in total. The van der Waals surface area contributed by atoms with Crippen molar-refractivity contribution in [3.63, 3.8) is 0 Å². The van der Waals surface area contributed by atoms with Gasteiger partial charge in [-0.15, -0.1) is 6.42 Å². The zero-order valence-electron chi connectivity index (χ0n) is 14.9. The Morgan fingerprint density at radius 1 is 1.00 bits per heavy atom. The number of hydrogen-bond donors (Lipinski definition) is 0. The van der Waals surface area contributed by atoms with E-state index in [4.69, 9.17) is 11.2 Å². The average molecular weight is 340 g/mol. The molecule has 2 aromatic carbocycles. The SMILES string of the molecule is C#CCOc1ccc(-c2cc(/C=C/c3ccccc3)nc(C)n2)cc1C. The molecule has 0 unspecified atom stereocenters. The first-order valence-corrected chi connectivity index (χ1v) is 8.42. The minimum Gasteiger partial charge on any atom is -0.481 e. The Hall–Kier alpha value is -3.38. The predicted molar refractivity (Wildman–Crippen MR) is 107 cm³/mol. The minimum atomic E-state index is 0.265. The number of rotatable bonds is 5. The van der Waals surface area contributed by atoms with E-state index >= 15 is 0 Å². The zero-order valence-corrected chi connectivity index (χ0v) is 14.9. The van der Waals surface area contributed by atoms with Crippen LogP contribution in [0.5, 0.6) is 5.75 Å². The van der Waals surface area contributed by atoms with Crippen LogP contribution in [-0.2, 0) is 0 Å². The van der Waals surface area contributed by atoms with Gasteiger partial charge in [-0.1, -0.05) is 42.3 Å². The van der Waals surface area contributed by atoms with Gasteiger partial charge in [0.2, 0.25) is 0 Å². The maximum atomic E-state index is 5.53. The molecular weight excluding hydrogens is 320 g/mol. The van der Waals surface area contributed by atoms with Gasteiger partial charge in [0.25, 0.3) is 0 Å². The highest BCUT2D eigenvalue weighted by Gasteiger charge is 2.06. The third-order valence-electron chi connectivity index (χ3n) is 3.89. The third-order valence-corrected chi connectivity index (χ3v) is 3.89. The summed E-state index contributed by atoms with van der Waals surface area (Å²) in [6.07, 6.45) is 9.31. The molecule has 3 heteroatoms. The molecule has 0 radical (unpaired) electrons. The Morgan fingerprint density at radius 2 is 1.81 bits per heavy atom. The van der Waals surface area contributed by atoms with E-state index in [1.807, 2.05) is 62.4 Å². The van der Waals surface area contributed by atoms with Gasteiger partial charge in [-0.05, 0) is 55.3 Å². The molecule has 1 heterocycles. The van der Waals surface area contributed by atoms with Gasteiger partial charge >= 0.3 is 0 Å². The summed E-state index contributed by atoms with van der Waals surface area (Å²) in [5, 5.41) is 0. The predicted octanol–water partition coefficient (Wildman–Crippen LogP) is 4.94. The summed E-state index contributed by atoms with van der Waals surface area (Å²) in [5.74, 6) is 4.01. The van der Waals surface area contributed by atoms with Crippen molar-refractivity contribution in [1.29, 1.82) is 0 Å². The van der Waals surface area contributed by atoms with Gasteiger partial charge in [0.05, 0.1) is 11.4 Å². The molecule has 128 valence electrons. The van der Waals surface area contributed by atoms with E-state index in [0.29, 0.717) is 0 Å². The van der Waals surface area contributed by atoms with Crippen molar-refractivity contribution in [2.24, 2.45) is 0 Å². The fourth-order valence-electron chi connectivity index (χ4n) is 2.66. The van der Waals surface area contributed by atoms with Gasteiger partial charge in [-0.2, -0.15) is 0 Å². The van der Waals surface area contributed by atoms with Crippen molar-refractivity contribution in [3.8, 4) is 29.4 Å². The van der Waals surface area contributed by atoms with Gasteiger partial charge in [0, 0.05) is 5.56 Å². The van der Waals surface area contributed by atoms with Crippen molar-refractivity contribution < 1.29 is 4.74 Å². The van der Waals surface area contributed by atoms with Gasteiger partial charge in [0.1, 0.15) is 18.2 Å². The molecule has 0 N–H and O–H groups in total. The van der Waals surface area contributed by atoms with E-state index in [2.05, 4.69) is 34.1 Å². The second kappa shape index (κ2) is 8.13. The quantitative estimate of drug-likeness (QED) is 0.617. The van der Waals surface area contributed by atoms with E-state index in [1.54, 1.807) is 0 Å². The zero-order chi connectivity index (χ0) is 18.4. The van der Waals surface area contributed by atoms with E-state index in [1.165, 1.54) is 0 Å². The molecule has 3 rings (SSSR count). The van der Waals surface area contributed by atoms with E-state index < -0.39 is 0 Å². The van der Waals surface area contributed by atoms with Gasteiger partial charge in [-0.3, -0.25) is 0 Å². The van der Waals surface area contributed by atoms with Crippen LogP contribution in [0, 0.1) is 26.2 Å². The summed E-state index contributed by atoms with van der Waals surface area (Å²) in [6.45, 7) is 4.17. The molecular formula is C23H20N2O. The lowest BCUT2D eigenvalue weighted by Gasteiger charge is -2.09. The molecule has 0 bridgehead atoms. The van der Waals surface area contributed by atoms with Crippen LogP contribution in [0.25, 0.3) is 23.4 Å². The monoisotopic (exact) mass is 340 g/mol. The molecule has 0 aliphatic rings. The lowest BCUT2D eigenvalue weighted by molar-refractivity contribution is 0.368. The van der Waals surface area contributed by atoms with Crippen LogP contribution in [0.4, 0.5) is 0 Å². The number of terminal acetylenes is 1. The van der Waals surface area contributed by atoms with Crippen LogP contribution in [0.15, 0.2) is 54.6 Å². The summed E-state index contributed by atoms with van der Waals surface area (Å²) in [6, 6.07) is 18.1. The summed E-state index contributed by atoms with van der Waals surface area (Å²) >= 11 is 0. The Bertz CT molecular complexity index is 969. The first-order chi connectivity index (χ1) is 12.7. The number of hydrogen-bond acceptors (Lipinski definition) is 3.